The van der Waals surface area contributed by atoms with Crippen molar-refractivity contribution >= 4 is 0 Å². The summed E-state index contributed by atoms with van der Waals surface area (Å²) in [4.78, 5) is 0. The number of nitrogens with one attached hydrogen (secondary N) is 1. The van der Waals surface area contributed by atoms with Crippen LogP contribution in [0.25, 0.3) is 0 Å². The van der Waals surface area contributed by atoms with E-state index in [1.165, 1.54) is 0 Å². The van der Waals surface area contributed by atoms with Crippen molar-refractivity contribution in [2.24, 2.45) is 5.73 Å². The van der Waals surface area contributed by atoms with E-state index >= 15 is 0 Å². The number of hydrogen-bond donors (Lipinski definition) is 2. The molecule has 0 saturated heterocycles. The summed E-state index contributed by atoms with van der Waals surface area (Å²) in [6.07, 6.45) is -2.28. The van der Waals surface area contributed by atoms with Gasteiger partial charge in [-0.2, -0.15) is 0 Å². The van der Waals surface area contributed by atoms with Crippen LogP contribution >= 0.6 is 0 Å². The Kier molecular flexibility index (Phi) is 4.53. The first kappa shape index (κ1) is 8.78. The zero-order valence-electron chi connectivity index (χ0n) is 5.40. The van der Waals surface area contributed by atoms with Crippen molar-refractivity contribution in [1.29, 1.82) is 0 Å². The van der Waals surface area contributed by atoms with Crippen LogP contribution in [0.1, 0.15) is 6.92 Å². The summed E-state index contributed by atoms with van der Waals surface area (Å²) in [7, 11) is 0. The lowest BCUT2D eigenvalue weighted by Crippen LogP contribution is -2.36. The predicted molar refractivity (Wildman–Crippen MR) is 32.5 cm³/mol. The molecule has 0 aromatic heterocycles. The molecule has 4 heteroatoms. The SMILES string of the molecule is C[C@H](CN)NCC(F)F. The van der Waals surface area contributed by atoms with E-state index in [1.54, 1.807) is 6.92 Å². The van der Waals surface area contributed by atoms with Crippen LogP contribution in [0.4, 0.5) is 8.78 Å². The summed E-state index contributed by atoms with van der Waals surface area (Å²) < 4.78 is 22.9. The quantitative estimate of drug-likeness (QED) is 0.582. The largest absolute Gasteiger partial charge is 0.329 e. The lowest BCUT2D eigenvalue weighted by atomic mass is 10.3. The average Bonchev–Trinajstić information content (AvgIpc) is 1.83. The Hall–Kier alpha value is -0.220. The van der Waals surface area contributed by atoms with Gasteiger partial charge in [-0.25, -0.2) is 8.78 Å². The second-order valence-corrected chi connectivity index (χ2v) is 1.94. The highest BCUT2D eigenvalue weighted by Crippen LogP contribution is 1.88. The van der Waals surface area contributed by atoms with Gasteiger partial charge in [0.05, 0.1) is 6.54 Å². The monoisotopic (exact) mass is 138 g/mol. The van der Waals surface area contributed by atoms with E-state index in [1.807, 2.05) is 0 Å². The fraction of sp³-hybridized carbons (Fsp3) is 1.00. The van der Waals surface area contributed by atoms with Gasteiger partial charge < -0.3 is 11.1 Å². The molecule has 0 aliphatic heterocycles. The summed E-state index contributed by atoms with van der Waals surface area (Å²) in [5, 5.41) is 2.56. The van der Waals surface area contributed by atoms with Gasteiger partial charge in [0.25, 0.3) is 6.43 Å². The maximum atomic E-state index is 11.4. The molecule has 3 N–H and O–H groups in total. The highest BCUT2D eigenvalue weighted by Gasteiger charge is 2.03. The molecule has 0 bridgehead atoms. The summed E-state index contributed by atoms with van der Waals surface area (Å²) in [6, 6.07) is -0.0148. The smallest absolute Gasteiger partial charge is 0.250 e. The first-order valence-electron chi connectivity index (χ1n) is 2.88. The zero-order chi connectivity index (χ0) is 7.28. The third kappa shape index (κ3) is 5.65. The lowest BCUT2D eigenvalue weighted by molar-refractivity contribution is 0.142. The maximum absolute atomic E-state index is 11.4. The molecule has 0 saturated carbocycles. The van der Waals surface area contributed by atoms with Crippen molar-refractivity contribution in [3.63, 3.8) is 0 Å². The molecule has 0 radical (unpaired) electrons. The van der Waals surface area contributed by atoms with Gasteiger partial charge in [-0.15, -0.1) is 0 Å². The molecule has 0 aliphatic carbocycles. The molecule has 0 heterocycles. The Morgan fingerprint density at radius 1 is 1.56 bits per heavy atom. The summed E-state index contributed by atoms with van der Waals surface area (Å²) >= 11 is 0. The molecule has 0 aliphatic rings. The van der Waals surface area contributed by atoms with Gasteiger partial charge in [-0.3, -0.25) is 0 Å². The topological polar surface area (TPSA) is 38.0 Å². The highest BCUT2D eigenvalue weighted by atomic mass is 19.3. The molecule has 2 nitrogen and oxygen atoms in total. The van der Waals surface area contributed by atoms with Crippen LogP contribution in [0.5, 0.6) is 0 Å². The van der Waals surface area contributed by atoms with E-state index in [-0.39, 0.29) is 12.6 Å². The Morgan fingerprint density at radius 2 is 2.11 bits per heavy atom. The van der Waals surface area contributed by atoms with Gasteiger partial charge in [0, 0.05) is 12.6 Å². The molecule has 0 amide bonds. The van der Waals surface area contributed by atoms with Crippen molar-refractivity contribution in [2.75, 3.05) is 13.1 Å². The molecule has 56 valence electrons. The predicted octanol–water partition coefficient (Wildman–Crippen LogP) is 0.188. The van der Waals surface area contributed by atoms with Gasteiger partial charge in [0.15, 0.2) is 0 Å². The van der Waals surface area contributed by atoms with E-state index in [0.717, 1.165) is 0 Å². The number of rotatable bonds is 4. The van der Waals surface area contributed by atoms with Crippen LogP contribution in [0.2, 0.25) is 0 Å². The minimum Gasteiger partial charge on any atom is -0.329 e. The Labute approximate surface area is 53.4 Å². The standard InChI is InChI=1S/C5H12F2N2/c1-4(2-8)9-3-5(6)7/h4-5,9H,2-3,8H2,1H3/t4-/m1/s1. The number of nitrogens with two attached hydrogens (primary N) is 1. The van der Waals surface area contributed by atoms with Crippen LogP contribution in [0.3, 0.4) is 0 Å². The second-order valence-electron chi connectivity index (χ2n) is 1.94. The van der Waals surface area contributed by atoms with Crippen LogP contribution in [-0.2, 0) is 0 Å². The summed E-state index contributed by atoms with van der Waals surface area (Å²) in [5.41, 5.74) is 5.15. The van der Waals surface area contributed by atoms with E-state index in [0.29, 0.717) is 6.54 Å². The van der Waals surface area contributed by atoms with E-state index in [2.05, 4.69) is 5.32 Å². The van der Waals surface area contributed by atoms with Crippen molar-refractivity contribution in [3.05, 3.63) is 0 Å². The van der Waals surface area contributed by atoms with Crippen molar-refractivity contribution in [2.45, 2.75) is 19.4 Å². The van der Waals surface area contributed by atoms with Crippen LogP contribution in [0, 0.1) is 0 Å². The Balaban J connectivity index is 3.06. The second kappa shape index (κ2) is 4.64. The normalized spacial score (nSPS) is 14.3. The maximum Gasteiger partial charge on any atom is 0.250 e. The lowest BCUT2D eigenvalue weighted by Gasteiger charge is -2.09. The molecule has 0 rings (SSSR count). The first-order chi connectivity index (χ1) is 4.16. The van der Waals surface area contributed by atoms with Gasteiger partial charge in [-0.05, 0) is 6.92 Å². The van der Waals surface area contributed by atoms with E-state index in [4.69, 9.17) is 5.73 Å². The molecule has 1 atom stereocenters. The summed E-state index contributed by atoms with van der Waals surface area (Å²) in [6.45, 7) is 1.90. The molecule has 9 heavy (non-hydrogen) atoms. The summed E-state index contributed by atoms with van der Waals surface area (Å²) in [5.74, 6) is 0. The van der Waals surface area contributed by atoms with Crippen LogP contribution in [-0.4, -0.2) is 25.6 Å². The van der Waals surface area contributed by atoms with Gasteiger partial charge in [-0.1, -0.05) is 0 Å². The fourth-order valence-corrected chi connectivity index (χ4v) is 0.374. The molecular weight excluding hydrogens is 126 g/mol. The zero-order valence-corrected chi connectivity index (χ0v) is 5.40. The highest BCUT2D eigenvalue weighted by molar-refractivity contribution is 4.60. The fourth-order valence-electron chi connectivity index (χ4n) is 0.374. The van der Waals surface area contributed by atoms with Crippen molar-refractivity contribution < 1.29 is 8.78 Å². The number of halogens is 2. The first-order valence-corrected chi connectivity index (χ1v) is 2.88. The molecule has 0 unspecified atom stereocenters. The van der Waals surface area contributed by atoms with E-state index < -0.39 is 6.43 Å². The molecule has 0 aromatic carbocycles. The molecule has 0 aromatic rings. The minimum absolute atomic E-state index is 0.0148. The van der Waals surface area contributed by atoms with Gasteiger partial charge in [0.2, 0.25) is 0 Å². The number of alkyl halides is 2. The Bertz CT molecular complexity index is 68.0. The van der Waals surface area contributed by atoms with Crippen LogP contribution < -0.4 is 11.1 Å². The van der Waals surface area contributed by atoms with Crippen molar-refractivity contribution in [3.8, 4) is 0 Å². The van der Waals surface area contributed by atoms with Gasteiger partial charge in [0.1, 0.15) is 0 Å². The third-order valence-corrected chi connectivity index (χ3v) is 0.974. The number of hydrogen-bond acceptors (Lipinski definition) is 2. The molecule has 0 spiro atoms. The molecular formula is C5H12F2N2. The van der Waals surface area contributed by atoms with E-state index in [9.17, 15) is 8.78 Å². The van der Waals surface area contributed by atoms with Gasteiger partial charge >= 0.3 is 0 Å². The third-order valence-electron chi connectivity index (χ3n) is 0.974. The average molecular weight is 138 g/mol. The minimum atomic E-state index is -2.28. The van der Waals surface area contributed by atoms with Crippen LogP contribution in [0.15, 0.2) is 0 Å². The molecule has 0 fully saturated rings. The van der Waals surface area contributed by atoms with Crippen molar-refractivity contribution in [1.82, 2.24) is 5.32 Å². The Morgan fingerprint density at radius 3 is 2.44 bits per heavy atom.